The summed E-state index contributed by atoms with van der Waals surface area (Å²) in [5.74, 6) is 1.36. The minimum Gasteiger partial charge on any atom is -0.322 e. The molecular formula is C20H27N3O2. The number of hydrogen-bond acceptors (Lipinski definition) is 3. The number of hydrogen-bond donors (Lipinski definition) is 1. The number of carbonyl (C=O) groups excluding carboxylic acids is 2. The largest absolute Gasteiger partial charge is 0.322 e. The molecule has 1 aromatic carbocycles. The molecule has 0 atom stereocenters. The fraction of sp³-hybridized carbons (Fsp3) is 0.600. The summed E-state index contributed by atoms with van der Waals surface area (Å²) in [6.07, 6.45) is 5.21. The van der Waals surface area contributed by atoms with Gasteiger partial charge in [0.25, 0.3) is 0 Å². The summed E-state index contributed by atoms with van der Waals surface area (Å²) in [5.41, 5.74) is 0.641. The molecule has 5 heteroatoms. The molecule has 3 heterocycles. The van der Waals surface area contributed by atoms with E-state index >= 15 is 0 Å². The molecule has 0 unspecified atom stereocenters. The zero-order chi connectivity index (χ0) is 17.6. The Morgan fingerprint density at radius 2 is 1.72 bits per heavy atom. The lowest BCUT2D eigenvalue weighted by atomic mass is 9.84. The average molecular weight is 341 g/mol. The lowest BCUT2D eigenvalue weighted by Crippen LogP contribution is -2.60. The first kappa shape index (κ1) is 16.6. The third-order valence-electron chi connectivity index (χ3n) is 6.12. The predicted octanol–water partition coefficient (Wildman–Crippen LogP) is 2.87. The van der Waals surface area contributed by atoms with E-state index in [1.807, 2.05) is 38.1 Å². The maximum Gasteiger partial charge on any atom is 0.250 e. The second kappa shape index (κ2) is 6.13. The van der Waals surface area contributed by atoms with E-state index in [9.17, 15) is 9.59 Å². The van der Waals surface area contributed by atoms with Crippen molar-refractivity contribution >= 4 is 23.2 Å². The Balaban J connectivity index is 1.59. The Hall–Kier alpha value is -1.88. The Bertz CT molecular complexity index is 678. The average Bonchev–Trinajstić information content (AvgIpc) is 2.87. The molecule has 3 fully saturated rings. The fourth-order valence-electron chi connectivity index (χ4n) is 4.69. The number of nitrogens with one attached hydrogen (secondary N) is 1. The van der Waals surface area contributed by atoms with E-state index in [0.717, 1.165) is 36.3 Å². The molecule has 0 spiro atoms. The van der Waals surface area contributed by atoms with Crippen LogP contribution in [0.5, 0.6) is 0 Å². The van der Waals surface area contributed by atoms with Crippen LogP contribution in [0.4, 0.5) is 11.4 Å². The minimum atomic E-state index is -0.879. The number of amides is 2. The Morgan fingerprint density at radius 1 is 1.12 bits per heavy atom. The zero-order valence-electron chi connectivity index (χ0n) is 15.1. The third kappa shape index (κ3) is 2.95. The van der Waals surface area contributed by atoms with Crippen molar-refractivity contribution in [3.63, 3.8) is 0 Å². The van der Waals surface area contributed by atoms with Crippen molar-refractivity contribution in [1.29, 1.82) is 0 Å². The number of benzene rings is 1. The van der Waals surface area contributed by atoms with Crippen LogP contribution in [0.3, 0.4) is 0 Å². The van der Waals surface area contributed by atoms with Crippen LogP contribution in [-0.4, -0.2) is 41.9 Å². The van der Waals surface area contributed by atoms with Crippen LogP contribution < -0.4 is 10.2 Å². The summed E-state index contributed by atoms with van der Waals surface area (Å²) in [6.45, 7) is 6.08. The second-order valence-electron chi connectivity index (χ2n) is 8.34. The van der Waals surface area contributed by atoms with Gasteiger partial charge in [-0.2, -0.15) is 0 Å². The van der Waals surface area contributed by atoms with Crippen molar-refractivity contribution in [2.24, 2.45) is 11.8 Å². The Labute approximate surface area is 149 Å². The van der Waals surface area contributed by atoms with Crippen molar-refractivity contribution < 1.29 is 9.59 Å². The van der Waals surface area contributed by atoms with Crippen LogP contribution in [-0.2, 0) is 9.59 Å². The molecule has 1 aromatic rings. The van der Waals surface area contributed by atoms with E-state index in [1.165, 1.54) is 25.7 Å². The first-order valence-electron chi connectivity index (χ1n) is 9.41. The van der Waals surface area contributed by atoms with Gasteiger partial charge in [-0.25, -0.2) is 0 Å². The maximum absolute atomic E-state index is 13.2. The minimum absolute atomic E-state index is 0.0219. The van der Waals surface area contributed by atoms with E-state index in [-0.39, 0.29) is 11.8 Å². The monoisotopic (exact) mass is 341 g/mol. The van der Waals surface area contributed by atoms with Crippen LogP contribution in [0.2, 0.25) is 0 Å². The maximum atomic E-state index is 13.2. The highest BCUT2D eigenvalue weighted by atomic mass is 16.2. The normalized spacial score (nSPS) is 28.2. The van der Waals surface area contributed by atoms with Gasteiger partial charge >= 0.3 is 0 Å². The highest BCUT2D eigenvalue weighted by molar-refractivity contribution is 6.14. The molecule has 0 aromatic heterocycles. The second-order valence-corrected chi connectivity index (χ2v) is 8.34. The summed E-state index contributed by atoms with van der Waals surface area (Å²) >= 11 is 0. The molecular weight excluding hydrogens is 314 g/mol. The molecule has 4 aliphatic rings. The molecule has 5 rings (SSSR count). The summed E-state index contributed by atoms with van der Waals surface area (Å²) in [5, 5.41) is 2.93. The van der Waals surface area contributed by atoms with Gasteiger partial charge in [0.15, 0.2) is 0 Å². The number of fused-ring (bicyclic) bond motifs is 5. The highest BCUT2D eigenvalue weighted by Crippen LogP contribution is 2.38. The highest BCUT2D eigenvalue weighted by Gasteiger charge is 2.44. The van der Waals surface area contributed by atoms with Gasteiger partial charge in [-0.1, -0.05) is 12.1 Å². The first-order valence-corrected chi connectivity index (χ1v) is 9.41. The summed E-state index contributed by atoms with van der Waals surface area (Å²) in [6, 6.07) is 7.57. The number of rotatable bonds is 2. The van der Waals surface area contributed by atoms with E-state index < -0.39 is 5.54 Å². The summed E-state index contributed by atoms with van der Waals surface area (Å²) in [7, 11) is 0. The fourth-order valence-corrected chi connectivity index (χ4v) is 4.69. The van der Waals surface area contributed by atoms with Crippen molar-refractivity contribution in [3.8, 4) is 0 Å². The topological polar surface area (TPSA) is 52.7 Å². The van der Waals surface area contributed by atoms with Crippen molar-refractivity contribution in [1.82, 2.24) is 4.90 Å². The Kier molecular flexibility index (Phi) is 4.07. The van der Waals surface area contributed by atoms with Crippen LogP contribution in [0.15, 0.2) is 24.3 Å². The number of nitrogens with zero attached hydrogens (tertiary/aromatic N) is 2. The molecule has 2 saturated heterocycles. The first-order chi connectivity index (χ1) is 11.9. The Morgan fingerprint density at radius 3 is 2.36 bits per heavy atom. The van der Waals surface area contributed by atoms with Gasteiger partial charge in [-0.3, -0.25) is 19.4 Å². The SMILES string of the molecule is CC1(C)C(=O)Nc2ccccc2N1C(=O)CN1CC2CCC(CC2)C1. The van der Waals surface area contributed by atoms with Gasteiger partial charge in [-0.15, -0.1) is 0 Å². The lowest BCUT2D eigenvalue weighted by molar-refractivity contribution is -0.127. The van der Waals surface area contributed by atoms with Gasteiger partial charge in [0.1, 0.15) is 5.54 Å². The van der Waals surface area contributed by atoms with Gasteiger partial charge in [0.2, 0.25) is 11.8 Å². The lowest BCUT2D eigenvalue weighted by Gasteiger charge is -2.42. The standard InChI is InChI=1S/C20H27N3O2/c1-20(2)19(25)21-16-5-3-4-6-17(16)23(20)18(24)13-22-11-14-7-8-15(12-22)10-9-14/h3-6,14-15H,7-13H2,1-2H3,(H,21,25). The van der Waals surface area contributed by atoms with Crippen LogP contribution in [0.25, 0.3) is 0 Å². The number of anilines is 2. The molecule has 5 nitrogen and oxygen atoms in total. The molecule has 1 aliphatic carbocycles. The molecule has 3 aliphatic heterocycles. The molecule has 1 N–H and O–H groups in total. The van der Waals surface area contributed by atoms with Crippen LogP contribution >= 0.6 is 0 Å². The summed E-state index contributed by atoms with van der Waals surface area (Å²) < 4.78 is 0. The van der Waals surface area contributed by atoms with E-state index in [4.69, 9.17) is 0 Å². The van der Waals surface area contributed by atoms with Crippen molar-refractivity contribution in [2.75, 3.05) is 29.9 Å². The summed E-state index contributed by atoms with van der Waals surface area (Å²) in [4.78, 5) is 29.8. The molecule has 1 saturated carbocycles. The third-order valence-corrected chi connectivity index (χ3v) is 6.12. The van der Waals surface area contributed by atoms with Gasteiger partial charge < -0.3 is 5.32 Å². The van der Waals surface area contributed by atoms with Gasteiger partial charge in [0, 0.05) is 13.1 Å². The van der Waals surface area contributed by atoms with Gasteiger partial charge in [-0.05, 0) is 63.5 Å². The smallest absolute Gasteiger partial charge is 0.250 e. The van der Waals surface area contributed by atoms with Gasteiger partial charge in [0.05, 0.1) is 17.9 Å². The molecule has 0 radical (unpaired) electrons. The van der Waals surface area contributed by atoms with E-state index in [0.29, 0.717) is 6.54 Å². The van der Waals surface area contributed by atoms with Crippen molar-refractivity contribution in [3.05, 3.63) is 24.3 Å². The van der Waals surface area contributed by atoms with E-state index in [2.05, 4.69) is 10.2 Å². The number of carbonyl (C=O) groups is 2. The molecule has 25 heavy (non-hydrogen) atoms. The molecule has 134 valence electrons. The quantitative estimate of drug-likeness (QED) is 0.900. The zero-order valence-corrected chi connectivity index (χ0v) is 15.1. The van der Waals surface area contributed by atoms with Crippen molar-refractivity contribution in [2.45, 2.75) is 45.1 Å². The van der Waals surface area contributed by atoms with E-state index in [1.54, 1.807) is 4.90 Å². The number of para-hydroxylation sites is 2. The molecule has 2 amide bonds. The predicted molar refractivity (Wildman–Crippen MR) is 98.5 cm³/mol. The van der Waals surface area contributed by atoms with Crippen LogP contribution in [0.1, 0.15) is 39.5 Å². The van der Waals surface area contributed by atoms with Crippen LogP contribution in [0, 0.1) is 11.8 Å². The molecule has 2 bridgehead atoms.